The third kappa shape index (κ3) is 5.57. The van der Waals surface area contributed by atoms with E-state index in [0.29, 0.717) is 37.2 Å². The van der Waals surface area contributed by atoms with Gasteiger partial charge in [-0.15, -0.1) is 0 Å². The van der Waals surface area contributed by atoms with Crippen LogP contribution < -0.4 is 19.7 Å². The molecule has 1 amide bonds. The van der Waals surface area contributed by atoms with E-state index in [2.05, 4.69) is 10.3 Å². The summed E-state index contributed by atoms with van der Waals surface area (Å²) in [4.78, 5) is 19.6. The van der Waals surface area contributed by atoms with Crippen LogP contribution in [0.2, 0.25) is 0 Å². The number of nitrogens with one attached hydrogen (secondary N) is 1. The molecule has 4 aromatic rings. The monoisotopic (exact) mass is 580 g/mol. The maximum atomic E-state index is 13.6. The van der Waals surface area contributed by atoms with Crippen LogP contribution in [0.5, 0.6) is 11.5 Å². The van der Waals surface area contributed by atoms with Gasteiger partial charge in [0.2, 0.25) is 11.0 Å². The number of furan rings is 1. The molecule has 0 spiro atoms. The number of aromatic nitrogens is 1. The molecule has 1 fully saturated rings. The van der Waals surface area contributed by atoms with E-state index in [0.717, 1.165) is 33.5 Å². The Balaban J connectivity index is 1.08. The lowest BCUT2D eigenvalue weighted by Crippen LogP contribution is -2.45. The number of amides is 1. The number of pyridine rings is 1. The number of fused-ring (bicyclic) bond motifs is 2. The summed E-state index contributed by atoms with van der Waals surface area (Å²) in [6.07, 6.45) is 2.69. The summed E-state index contributed by atoms with van der Waals surface area (Å²) >= 11 is 0. The SMILES string of the molecule is CN1CCOc2cc(COc3cccc(CNC(=O)[C@@H]4CCCN4S(=O)(=O)c4cc5cc(F)ccc5o4)c3)cnc21. The molecule has 41 heavy (non-hydrogen) atoms. The molecule has 1 N–H and O–H groups in total. The van der Waals surface area contributed by atoms with E-state index < -0.39 is 27.8 Å². The lowest BCUT2D eigenvalue weighted by molar-refractivity contribution is -0.124. The van der Waals surface area contributed by atoms with Crippen LogP contribution in [0.3, 0.4) is 0 Å². The number of halogens is 1. The van der Waals surface area contributed by atoms with E-state index in [1.807, 2.05) is 42.3 Å². The zero-order valence-electron chi connectivity index (χ0n) is 22.4. The highest BCUT2D eigenvalue weighted by Crippen LogP contribution is 2.31. The van der Waals surface area contributed by atoms with Crippen molar-refractivity contribution in [3.05, 3.63) is 77.7 Å². The topological polar surface area (TPSA) is 114 Å². The van der Waals surface area contributed by atoms with Crippen LogP contribution in [-0.4, -0.2) is 56.4 Å². The lowest BCUT2D eigenvalue weighted by Gasteiger charge is -2.26. The molecule has 0 unspecified atom stereocenters. The average Bonchev–Trinajstić information content (AvgIpc) is 3.64. The van der Waals surface area contributed by atoms with Gasteiger partial charge in [0.25, 0.3) is 10.0 Å². The standard InChI is InChI=1S/C29H29FN4O6S/c1-33-10-11-38-26-13-20(17-31-28(26)33)18-39-23-5-2-4-19(12-23)16-32-29(35)24-6-3-9-34(24)41(36,37)27-15-21-14-22(30)7-8-25(21)40-27/h2,4-5,7-8,12-15,17,24H,3,6,9-11,16,18H2,1H3,(H,32,35)/t24-/m0/s1. The van der Waals surface area contributed by atoms with Gasteiger partial charge in [-0.25, -0.2) is 17.8 Å². The summed E-state index contributed by atoms with van der Waals surface area (Å²) in [6.45, 7) is 2.08. The predicted molar refractivity (Wildman–Crippen MR) is 149 cm³/mol. The summed E-state index contributed by atoms with van der Waals surface area (Å²) in [6, 6.07) is 13.5. The second-order valence-electron chi connectivity index (χ2n) is 10.1. The van der Waals surface area contributed by atoms with Crippen LogP contribution in [0.4, 0.5) is 10.2 Å². The first kappa shape index (κ1) is 27.0. The molecule has 1 saturated heterocycles. The number of hydrogen-bond acceptors (Lipinski definition) is 8. The minimum atomic E-state index is -4.09. The number of likely N-dealkylation sites (N-methyl/N-ethyl adjacent to an activating group) is 1. The molecule has 2 aliphatic heterocycles. The number of hydrogen-bond donors (Lipinski definition) is 1. The first-order valence-electron chi connectivity index (χ1n) is 13.3. The third-order valence-corrected chi connectivity index (χ3v) is 9.00. The summed E-state index contributed by atoms with van der Waals surface area (Å²) in [5, 5.41) is 2.89. The zero-order chi connectivity index (χ0) is 28.6. The van der Waals surface area contributed by atoms with E-state index in [1.165, 1.54) is 24.3 Å². The van der Waals surface area contributed by atoms with Gasteiger partial charge in [0.15, 0.2) is 11.6 Å². The Hall–Kier alpha value is -4.16. The third-order valence-electron chi connectivity index (χ3n) is 7.23. The molecule has 0 bridgehead atoms. The Kier molecular flexibility index (Phi) is 7.26. The van der Waals surface area contributed by atoms with E-state index in [-0.39, 0.29) is 23.8 Å². The highest BCUT2D eigenvalue weighted by molar-refractivity contribution is 7.89. The van der Waals surface area contributed by atoms with Gasteiger partial charge in [-0.3, -0.25) is 4.79 Å². The molecule has 214 valence electrons. The maximum absolute atomic E-state index is 13.6. The molecule has 0 saturated carbocycles. The quantitative estimate of drug-likeness (QED) is 0.335. The zero-order valence-corrected chi connectivity index (χ0v) is 23.2. The van der Waals surface area contributed by atoms with Crippen molar-refractivity contribution in [2.24, 2.45) is 0 Å². The molecule has 2 aromatic heterocycles. The highest BCUT2D eigenvalue weighted by Gasteiger charge is 2.41. The number of benzene rings is 2. The van der Waals surface area contributed by atoms with Crippen molar-refractivity contribution in [3.63, 3.8) is 0 Å². The van der Waals surface area contributed by atoms with E-state index in [1.54, 1.807) is 6.20 Å². The van der Waals surface area contributed by atoms with Gasteiger partial charge in [0, 0.05) is 43.4 Å². The van der Waals surface area contributed by atoms with Crippen LogP contribution in [0, 0.1) is 5.82 Å². The number of carbonyl (C=O) groups is 1. The molecule has 2 aliphatic rings. The van der Waals surface area contributed by atoms with Gasteiger partial charge in [0.1, 0.15) is 36.4 Å². The summed E-state index contributed by atoms with van der Waals surface area (Å²) in [5.41, 5.74) is 1.93. The summed E-state index contributed by atoms with van der Waals surface area (Å²) < 4.78 is 58.6. The normalized spacial score (nSPS) is 17.3. The Morgan fingerprint density at radius 2 is 2.02 bits per heavy atom. The van der Waals surface area contributed by atoms with Crippen LogP contribution in [-0.2, 0) is 28.0 Å². The van der Waals surface area contributed by atoms with Crippen LogP contribution in [0.25, 0.3) is 11.0 Å². The molecule has 10 nitrogen and oxygen atoms in total. The molecule has 12 heteroatoms. The largest absolute Gasteiger partial charge is 0.489 e. The maximum Gasteiger partial charge on any atom is 0.277 e. The lowest BCUT2D eigenvalue weighted by atomic mass is 10.2. The molecule has 0 radical (unpaired) electrons. The van der Waals surface area contributed by atoms with Gasteiger partial charge in [-0.05, 0) is 54.8 Å². The van der Waals surface area contributed by atoms with Crippen molar-refractivity contribution in [2.45, 2.75) is 37.1 Å². The van der Waals surface area contributed by atoms with Gasteiger partial charge >= 0.3 is 0 Å². The first-order chi connectivity index (χ1) is 19.8. The van der Waals surface area contributed by atoms with E-state index in [9.17, 15) is 17.6 Å². The van der Waals surface area contributed by atoms with Gasteiger partial charge in [-0.2, -0.15) is 4.31 Å². The molecule has 4 heterocycles. The number of nitrogens with zero attached hydrogens (tertiary/aromatic N) is 3. The molecule has 1 atom stereocenters. The molecular weight excluding hydrogens is 551 g/mol. The molecule has 6 rings (SSSR count). The van der Waals surface area contributed by atoms with Gasteiger partial charge in [-0.1, -0.05) is 12.1 Å². The number of rotatable bonds is 8. The summed E-state index contributed by atoms with van der Waals surface area (Å²) in [7, 11) is -2.12. The van der Waals surface area contributed by atoms with Gasteiger partial charge in [0.05, 0.1) is 6.54 Å². The molecule has 0 aliphatic carbocycles. The highest BCUT2D eigenvalue weighted by atomic mass is 32.2. The Morgan fingerprint density at radius 1 is 1.15 bits per heavy atom. The van der Waals surface area contributed by atoms with Crippen LogP contribution >= 0.6 is 0 Å². The van der Waals surface area contributed by atoms with Crippen molar-refractivity contribution in [3.8, 4) is 11.5 Å². The number of carbonyl (C=O) groups excluding carboxylic acids is 1. The van der Waals surface area contributed by atoms with Gasteiger partial charge < -0.3 is 24.1 Å². The Labute approximate surface area is 236 Å². The minimum absolute atomic E-state index is 0.189. The number of anilines is 1. The van der Waals surface area contributed by atoms with Crippen molar-refractivity contribution in [1.29, 1.82) is 0 Å². The van der Waals surface area contributed by atoms with Crippen molar-refractivity contribution >= 4 is 32.7 Å². The van der Waals surface area contributed by atoms with Crippen molar-refractivity contribution < 1.29 is 31.5 Å². The summed E-state index contributed by atoms with van der Waals surface area (Å²) in [5.74, 6) is 1.27. The fourth-order valence-corrected chi connectivity index (χ4v) is 6.70. The average molecular weight is 581 g/mol. The molecular formula is C29H29FN4O6S. The number of ether oxygens (including phenoxy) is 2. The fourth-order valence-electron chi connectivity index (χ4n) is 5.09. The fraction of sp³-hybridized carbons (Fsp3) is 0.310. The van der Waals surface area contributed by atoms with Crippen molar-refractivity contribution in [1.82, 2.24) is 14.6 Å². The Bertz CT molecular complexity index is 1710. The van der Waals surface area contributed by atoms with E-state index >= 15 is 0 Å². The Morgan fingerprint density at radius 3 is 2.90 bits per heavy atom. The number of sulfonamides is 1. The van der Waals surface area contributed by atoms with Crippen LogP contribution in [0.15, 0.2) is 70.3 Å². The second kappa shape index (κ2) is 11.0. The van der Waals surface area contributed by atoms with E-state index in [4.69, 9.17) is 13.9 Å². The minimum Gasteiger partial charge on any atom is -0.489 e. The first-order valence-corrected chi connectivity index (χ1v) is 14.8. The molecule has 2 aromatic carbocycles. The predicted octanol–water partition coefficient (Wildman–Crippen LogP) is 3.84. The smallest absolute Gasteiger partial charge is 0.277 e. The van der Waals surface area contributed by atoms with Crippen molar-refractivity contribution in [2.75, 3.05) is 31.6 Å². The second-order valence-corrected chi connectivity index (χ2v) is 11.9. The van der Waals surface area contributed by atoms with Crippen LogP contribution in [0.1, 0.15) is 24.0 Å².